The van der Waals surface area contributed by atoms with Gasteiger partial charge in [0.05, 0.1) is 27.1 Å². The fourth-order valence-corrected chi connectivity index (χ4v) is 2.69. The van der Waals surface area contributed by atoms with Gasteiger partial charge in [-0.2, -0.15) is 0 Å². The normalized spacial score (nSPS) is 14.1. The van der Waals surface area contributed by atoms with Crippen molar-refractivity contribution in [3.63, 3.8) is 0 Å². The van der Waals surface area contributed by atoms with Gasteiger partial charge in [0.1, 0.15) is 17.9 Å². The maximum atomic E-state index is 12.3. The molecule has 3 atom stereocenters. The van der Waals surface area contributed by atoms with Crippen molar-refractivity contribution in [1.29, 1.82) is 0 Å². The molecule has 3 unspecified atom stereocenters. The number of quaternary nitrogens is 1. The van der Waals surface area contributed by atoms with Gasteiger partial charge in [0, 0.05) is 5.56 Å². The molecule has 2 aromatic rings. The van der Waals surface area contributed by atoms with Crippen LogP contribution in [0.3, 0.4) is 0 Å². The molecule has 0 heterocycles. The van der Waals surface area contributed by atoms with Crippen molar-refractivity contribution in [3.05, 3.63) is 65.7 Å². The summed E-state index contributed by atoms with van der Waals surface area (Å²) in [6, 6.07) is 16.9. The van der Waals surface area contributed by atoms with Crippen molar-refractivity contribution in [3.8, 4) is 5.75 Å². The summed E-state index contributed by atoms with van der Waals surface area (Å²) < 4.78 is 5.16. The van der Waals surface area contributed by atoms with Crippen LogP contribution in [0, 0.1) is 0 Å². The first kappa shape index (κ1) is 21.2. The number of ketones is 1. The van der Waals surface area contributed by atoms with Gasteiger partial charge in [0.2, 0.25) is 0 Å². The number of aliphatic hydroxyl groups excluding tert-OH is 1. The SMILES string of the molecule is COc1cccc(C(=O)CC[NH+](C)C(C)C(O)c2ccccc2)c1.[Cl-]. The number of rotatable bonds is 8. The van der Waals surface area contributed by atoms with Gasteiger partial charge in [-0.3, -0.25) is 4.79 Å². The molecule has 0 fully saturated rings. The zero-order chi connectivity index (χ0) is 17.5. The Morgan fingerprint density at radius 2 is 1.84 bits per heavy atom. The summed E-state index contributed by atoms with van der Waals surface area (Å²) in [4.78, 5) is 13.5. The van der Waals surface area contributed by atoms with Crippen molar-refractivity contribution in [2.45, 2.75) is 25.5 Å². The van der Waals surface area contributed by atoms with Gasteiger partial charge in [-0.15, -0.1) is 0 Å². The van der Waals surface area contributed by atoms with Crippen LogP contribution in [0.25, 0.3) is 0 Å². The van der Waals surface area contributed by atoms with Crippen molar-refractivity contribution in [2.24, 2.45) is 0 Å². The summed E-state index contributed by atoms with van der Waals surface area (Å²) in [6.07, 6.45) is -0.108. The molecule has 136 valence electrons. The maximum Gasteiger partial charge on any atom is 0.168 e. The number of hydrogen-bond acceptors (Lipinski definition) is 3. The zero-order valence-corrected chi connectivity index (χ0v) is 15.7. The lowest BCUT2D eigenvalue weighted by Crippen LogP contribution is -3.13. The van der Waals surface area contributed by atoms with Crippen LogP contribution in [-0.4, -0.2) is 37.6 Å². The Bertz CT molecular complexity index is 663. The Hall–Kier alpha value is -1.88. The van der Waals surface area contributed by atoms with Gasteiger partial charge in [0.15, 0.2) is 5.78 Å². The quantitative estimate of drug-likeness (QED) is 0.586. The molecular formula is C20H26ClNO3. The summed E-state index contributed by atoms with van der Waals surface area (Å²) in [7, 11) is 3.60. The standard InChI is InChI=1S/C20H25NO3.ClH/c1-15(20(23)16-8-5-4-6-9-16)21(2)13-12-19(22)17-10-7-11-18(14-17)24-3;/h4-11,14-15,20,23H,12-13H2,1-3H3;1H. The number of benzene rings is 2. The largest absolute Gasteiger partial charge is 1.00 e. The Morgan fingerprint density at radius 1 is 1.16 bits per heavy atom. The lowest BCUT2D eigenvalue weighted by Gasteiger charge is -2.26. The molecule has 0 bridgehead atoms. The van der Waals surface area contributed by atoms with Crippen molar-refractivity contribution >= 4 is 5.78 Å². The van der Waals surface area contributed by atoms with Gasteiger partial charge in [0.25, 0.3) is 0 Å². The molecule has 2 aromatic carbocycles. The highest BCUT2D eigenvalue weighted by Crippen LogP contribution is 2.15. The lowest BCUT2D eigenvalue weighted by atomic mass is 10.0. The number of likely N-dealkylation sites (N-methyl/N-ethyl adjacent to an activating group) is 1. The molecule has 0 saturated carbocycles. The molecule has 0 aliphatic rings. The topological polar surface area (TPSA) is 51.0 Å². The first-order chi connectivity index (χ1) is 11.5. The van der Waals surface area contributed by atoms with Gasteiger partial charge >= 0.3 is 0 Å². The third-order valence-corrected chi connectivity index (χ3v) is 4.53. The highest BCUT2D eigenvalue weighted by atomic mass is 35.5. The summed E-state index contributed by atoms with van der Waals surface area (Å²) >= 11 is 0. The molecule has 4 nitrogen and oxygen atoms in total. The number of carbonyl (C=O) groups is 1. The van der Waals surface area contributed by atoms with E-state index in [1.165, 1.54) is 0 Å². The van der Waals surface area contributed by atoms with E-state index in [1.54, 1.807) is 13.2 Å². The fraction of sp³-hybridized carbons (Fsp3) is 0.350. The molecule has 0 aliphatic carbocycles. The van der Waals surface area contributed by atoms with Crippen LogP contribution in [0.4, 0.5) is 0 Å². The number of aliphatic hydroxyl groups is 1. The van der Waals surface area contributed by atoms with E-state index in [4.69, 9.17) is 4.74 Å². The molecule has 0 saturated heterocycles. The second-order valence-electron chi connectivity index (χ2n) is 6.15. The van der Waals surface area contributed by atoms with Crippen molar-refractivity contribution in [2.75, 3.05) is 20.7 Å². The molecule has 0 spiro atoms. The molecule has 0 radical (unpaired) electrons. The first-order valence-corrected chi connectivity index (χ1v) is 8.25. The van der Waals surface area contributed by atoms with Gasteiger partial charge < -0.3 is 27.2 Å². The minimum atomic E-state index is -0.543. The van der Waals surface area contributed by atoms with Crippen LogP contribution in [0.2, 0.25) is 0 Å². The highest BCUT2D eigenvalue weighted by Gasteiger charge is 2.24. The predicted molar refractivity (Wildman–Crippen MR) is 94.6 cm³/mol. The van der Waals surface area contributed by atoms with Gasteiger partial charge in [-0.05, 0) is 24.6 Å². The summed E-state index contributed by atoms with van der Waals surface area (Å²) in [5.41, 5.74) is 1.57. The van der Waals surface area contributed by atoms with Gasteiger partial charge in [-0.1, -0.05) is 42.5 Å². The second kappa shape index (κ2) is 10.2. The van der Waals surface area contributed by atoms with Crippen LogP contribution < -0.4 is 22.0 Å². The van der Waals surface area contributed by atoms with E-state index in [0.29, 0.717) is 24.3 Å². The molecule has 0 aliphatic heterocycles. The number of ether oxygens (including phenoxy) is 1. The van der Waals surface area contributed by atoms with Crippen LogP contribution in [0.1, 0.15) is 35.4 Å². The number of Topliss-reactive ketones (excluding diaryl/α,β-unsaturated/α-hetero) is 1. The smallest absolute Gasteiger partial charge is 0.168 e. The Morgan fingerprint density at radius 3 is 2.48 bits per heavy atom. The van der Waals surface area contributed by atoms with E-state index in [0.717, 1.165) is 10.5 Å². The molecule has 2 N–H and O–H groups in total. The van der Waals surface area contributed by atoms with E-state index in [1.807, 2.05) is 62.5 Å². The summed E-state index contributed by atoms with van der Waals surface area (Å²) in [5.74, 6) is 0.782. The molecule has 5 heteroatoms. The third-order valence-electron chi connectivity index (χ3n) is 4.53. The molecule has 2 rings (SSSR count). The average Bonchev–Trinajstić information content (AvgIpc) is 2.65. The van der Waals surface area contributed by atoms with Crippen molar-refractivity contribution in [1.82, 2.24) is 0 Å². The van der Waals surface area contributed by atoms with Crippen LogP contribution >= 0.6 is 0 Å². The van der Waals surface area contributed by atoms with E-state index in [-0.39, 0.29) is 24.2 Å². The molecular weight excluding hydrogens is 338 g/mol. The zero-order valence-electron chi connectivity index (χ0n) is 14.9. The predicted octanol–water partition coefficient (Wildman–Crippen LogP) is -1.09. The summed E-state index contributed by atoms with van der Waals surface area (Å²) in [5, 5.41) is 10.5. The van der Waals surface area contributed by atoms with Crippen LogP contribution in [0.5, 0.6) is 5.75 Å². The minimum absolute atomic E-state index is 0. The van der Waals surface area contributed by atoms with E-state index in [9.17, 15) is 9.90 Å². The monoisotopic (exact) mass is 363 g/mol. The fourth-order valence-electron chi connectivity index (χ4n) is 2.69. The van der Waals surface area contributed by atoms with Crippen LogP contribution in [0.15, 0.2) is 54.6 Å². The molecule has 0 amide bonds. The van der Waals surface area contributed by atoms with E-state index >= 15 is 0 Å². The number of halogens is 1. The third kappa shape index (κ3) is 5.85. The number of carbonyl (C=O) groups excluding carboxylic acids is 1. The molecule has 0 aromatic heterocycles. The average molecular weight is 364 g/mol. The lowest BCUT2D eigenvalue weighted by molar-refractivity contribution is -0.908. The molecule has 25 heavy (non-hydrogen) atoms. The number of methoxy groups -OCH3 is 1. The van der Waals surface area contributed by atoms with E-state index < -0.39 is 6.10 Å². The van der Waals surface area contributed by atoms with Crippen LogP contribution in [-0.2, 0) is 0 Å². The Kier molecular flexibility index (Phi) is 8.62. The maximum absolute atomic E-state index is 12.3. The van der Waals surface area contributed by atoms with Gasteiger partial charge in [-0.25, -0.2) is 0 Å². The Labute approximate surface area is 155 Å². The number of nitrogens with one attached hydrogen (secondary N) is 1. The minimum Gasteiger partial charge on any atom is -1.00 e. The van der Waals surface area contributed by atoms with Crippen molar-refractivity contribution < 1.29 is 31.9 Å². The second-order valence-corrected chi connectivity index (χ2v) is 6.15. The first-order valence-electron chi connectivity index (χ1n) is 8.25. The highest BCUT2D eigenvalue weighted by molar-refractivity contribution is 5.96. The number of hydrogen-bond donors (Lipinski definition) is 2. The van der Waals surface area contributed by atoms with E-state index in [2.05, 4.69) is 0 Å². The Balaban J connectivity index is 0.00000312. The summed E-state index contributed by atoms with van der Waals surface area (Å²) in [6.45, 7) is 2.67.